The zero-order valence-corrected chi connectivity index (χ0v) is 11.8. The summed E-state index contributed by atoms with van der Waals surface area (Å²) in [5.74, 6) is 1.05. The second-order valence-corrected chi connectivity index (χ2v) is 5.25. The van der Waals surface area contributed by atoms with E-state index in [1.807, 2.05) is 24.0 Å². The Morgan fingerprint density at radius 2 is 2.29 bits per heavy atom. The second-order valence-electron chi connectivity index (χ2n) is 4.19. The number of ether oxygens (including phenoxy) is 1. The molecule has 0 spiro atoms. The van der Waals surface area contributed by atoms with Crippen LogP contribution in [0.15, 0.2) is 17.6 Å². The lowest BCUT2D eigenvalue weighted by molar-refractivity contribution is 0.0772. The SMILES string of the molecule is CC(C)OCCCNCCSc1nccn1C. The van der Waals surface area contributed by atoms with E-state index in [4.69, 9.17) is 4.74 Å². The molecule has 0 radical (unpaired) electrons. The van der Waals surface area contributed by atoms with Gasteiger partial charge in [-0.05, 0) is 26.8 Å². The Kier molecular flexibility index (Phi) is 7.32. The van der Waals surface area contributed by atoms with Crippen molar-refractivity contribution in [3.8, 4) is 0 Å². The molecule has 1 N–H and O–H groups in total. The van der Waals surface area contributed by atoms with E-state index in [0.29, 0.717) is 6.10 Å². The van der Waals surface area contributed by atoms with Crippen LogP contribution >= 0.6 is 11.8 Å². The Balaban J connectivity index is 1.90. The molecule has 0 aliphatic carbocycles. The van der Waals surface area contributed by atoms with Crippen LogP contribution in [-0.4, -0.2) is 41.1 Å². The molecule has 1 heterocycles. The zero-order chi connectivity index (χ0) is 12.5. The van der Waals surface area contributed by atoms with Gasteiger partial charge in [0.05, 0.1) is 6.10 Å². The van der Waals surface area contributed by atoms with Gasteiger partial charge in [-0.2, -0.15) is 0 Å². The van der Waals surface area contributed by atoms with Crippen molar-refractivity contribution in [2.24, 2.45) is 7.05 Å². The smallest absolute Gasteiger partial charge is 0.167 e. The molecule has 0 fully saturated rings. The molecular formula is C12H23N3OS. The van der Waals surface area contributed by atoms with Crippen molar-refractivity contribution < 1.29 is 4.74 Å². The fraction of sp³-hybridized carbons (Fsp3) is 0.750. The number of aromatic nitrogens is 2. The minimum atomic E-state index is 0.342. The number of hydrogen-bond acceptors (Lipinski definition) is 4. The predicted molar refractivity (Wildman–Crippen MR) is 72.5 cm³/mol. The van der Waals surface area contributed by atoms with Crippen LogP contribution in [0.3, 0.4) is 0 Å². The first-order valence-corrected chi connectivity index (χ1v) is 7.11. The van der Waals surface area contributed by atoms with Crippen molar-refractivity contribution in [2.45, 2.75) is 31.5 Å². The normalized spacial score (nSPS) is 11.3. The molecular weight excluding hydrogens is 234 g/mol. The predicted octanol–water partition coefficient (Wildman–Crippen LogP) is 1.92. The number of nitrogens with zero attached hydrogens (tertiary/aromatic N) is 2. The van der Waals surface area contributed by atoms with Crippen LogP contribution in [0.2, 0.25) is 0 Å². The van der Waals surface area contributed by atoms with E-state index >= 15 is 0 Å². The summed E-state index contributed by atoms with van der Waals surface area (Å²) in [6.07, 6.45) is 5.22. The molecule has 0 bridgehead atoms. The molecule has 1 aromatic heterocycles. The average molecular weight is 257 g/mol. The van der Waals surface area contributed by atoms with E-state index in [1.54, 1.807) is 11.8 Å². The van der Waals surface area contributed by atoms with Crippen molar-refractivity contribution in [3.63, 3.8) is 0 Å². The maximum atomic E-state index is 5.46. The summed E-state index contributed by atoms with van der Waals surface area (Å²) in [4.78, 5) is 4.26. The summed E-state index contributed by atoms with van der Waals surface area (Å²) in [5, 5.41) is 4.48. The molecule has 0 unspecified atom stereocenters. The highest BCUT2D eigenvalue weighted by molar-refractivity contribution is 7.99. The molecule has 0 aliphatic rings. The van der Waals surface area contributed by atoms with Crippen molar-refractivity contribution in [1.82, 2.24) is 14.9 Å². The maximum Gasteiger partial charge on any atom is 0.167 e. The molecule has 4 nitrogen and oxygen atoms in total. The van der Waals surface area contributed by atoms with Crippen LogP contribution in [0, 0.1) is 0 Å². The fourth-order valence-corrected chi connectivity index (χ4v) is 2.18. The Labute approximate surface area is 108 Å². The highest BCUT2D eigenvalue weighted by Gasteiger charge is 1.98. The molecule has 5 heteroatoms. The summed E-state index contributed by atoms with van der Waals surface area (Å²) in [7, 11) is 2.02. The van der Waals surface area contributed by atoms with Gasteiger partial charge in [-0.1, -0.05) is 11.8 Å². The van der Waals surface area contributed by atoms with Gasteiger partial charge in [0.2, 0.25) is 0 Å². The van der Waals surface area contributed by atoms with Gasteiger partial charge in [-0.25, -0.2) is 4.98 Å². The third-order valence-corrected chi connectivity index (χ3v) is 3.30. The van der Waals surface area contributed by atoms with Gasteiger partial charge in [0.15, 0.2) is 5.16 Å². The van der Waals surface area contributed by atoms with E-state index in [9.17, 15) is 0 Å². The molecule has 17 heavy (non-hydrogen) atoms. The Morgan fingerprint density at radius 1 is 1.47 bits per heavy atom. The van der Waals surface area contributed by atoms with E-state index in [2.05, 4.69) is 24.1 Å². The monoisotopic (exact) mass is 257 g/mol. The van der Waals surface area contributed by atoms with Crippen molar-refractivity contribution in [1.29, 1.82) is 0 Å². The van der Waals surface area contributed by atoms with Crippen LogP contribution < -0.4 is 5.32 Å². The van der Waals surface area contributed by atoms with E-state index in [-0.39, 0.29) is 0 Å². The molecule has 0 amide bonds. The van der Waals surface area contributed by atoms with Gasteiger partial charge in [0.1, 0.15) is 0 Å². The van der Waals surface area contributed by atoms with E-state index in [0.717, 1.165) is 37.0 Å². The van der Waals surface area contributed by atoms with Crippen molar-refractivity contribution in [3.05, 3.63) is 12.4 Å². The van der Waals surface area contributed by atoms with Gasteiger partial charge >= 0.3 is 0 Å². The quantitative estimate of drug-likeness (QED) is 0.542. The number of imidazole rings is 1. The Bertz CT molecular complexity index is 302. The summed E-state index contributed by atoms with van der Waals surface area (Å²) in [6.45, 7) is 7.01. The number of hydrogen-bond donors (Lipinski definition) is 1. The second kappa shape index (κ2) is 8.55. The summed E-state index contributed by atoms with van der Waals surface area (Å²) in [6, 6.07) is 0. The molecule has 0 atom stereocenters. The van der Waals surface area contributed by atoms with Gasteiger partial charge in [0.25, 0.3) is 0 Å². The van der Waals surface area contributed by atoms with Crippen molar-refractivity contribution in [2.75, 3.05) is 25.4 Å². The number of rotatable bonds is 9. The largest absolute Gasteiger partial charge is 0.379 e. The van der Waals surface area contributed by atoms with Crippen LogP contribution in [-0.2, 0) is 11.8 Å². The molecule has 0 aromatic carbocycles. The van der Waals surface area contributed by atoms with Crippen LogP contribution in [0.1, 0.15) is 20.3 Å². The van der Waals surface area contributed by atoms with Crippen LogP contribution in [0.4, 0.5) is 0 Å². The Morgan fingerprint density at radius 3 is 2.94 bits per heavy atom. The van der Waals surface area contributed by atoms with E-state index < -0.39 is 0 Å². The van der Waals surface area contributed by atoms with Gasteiger partial charge in [-0.15, -0.1) is 0 Å². The zero-order valence-electron chi connectivity index (χ0n) is 11.0. The standard InChI is InChI=1S/C12H23N3OS/c1-11(2)16-9-4-5-13-7-10-17-12-14-6-8-15(12)3/h6,8,11,13H,4-5,7,9-10H2,1-3H3. The van der Waals surface area contributed by atoms with Crippen molar-refractivity contribution >= 4 is 11.8 Å². The topological polar surface area (TPSA) is 39.1 Å². The lowest BCUT2D eigenvalue weighted by Gasteiger charge is -2.08. The van der Waals surface area contributed by atoms with Gasteiger partial charge < -0.3 is 14.6 Å². The number of nitrogens with one attached hydrogen (secondary N) is 1. The summed E-state index contributed by atoms with van der Waals surface area (Å²) in [5.41, 5.74) is 0. The van der Waals surface area contributed by atoms with Crippen LogP contribution in [0.5, 0.6) is 0 Å². The lowest BCUT2D eigenvalue weighted by Crippen LogP contribution is -2.20. The Hall–Kier alpha value is -0.520. The number of thioether (sulfide) groups is 1. The molecule has 1 aromatic rings. The summed E-state index contributed by atoms with van der Waals surface area (Å²) < 4.78 is 7.51. The third-order valence-electron chi connectivity index (χ3n) is 2.24. The van der Waals surface area contributed by atoms with E-state index in [1.165, 1.54) is 0 Å². The number of aryl methyl sites for hydroxylation is 1. The fourth-order valence-electron chi connectivity index (χ4n) is 1.35. The first-order valence-electron chi connectivity index (χ1n) is 6.12. The minimum Gasteiger partial charge on any atom is -0.379 e. The average Bonchev–Trinajstić information content (AvgIpc) is 2.68. The first kappa shape index (κ1) is 14.5. The molecule has 0 saturated carbocycles. The van der Waals surface area contributed by atoms with Gasteiger partial charge in [-0.3, -0.25) is 0 Å². The molecule has 0 aliphatic heterocycles. The van der Waals surface area contributed by atoms with Crippen LogP contribution in [0.25, 0.3) is 0 Å². The highest BCUT2D eigenvalue weighted by Crippen LogP contribution is 2.12. The molecule has 1 rings (SSSR count). The lowest BCUT2D eigenvalue weighted by atomic mass is 10.4. The van der Waals surface area contributed by atoms with Gasteiger partial charge in [0, 0.05) is 38.3 Å². The third kappa shape index (κ3) is 6.71. The first-order chi connectivity index (χ1) is 8.20. The minimum absolute atomic E-state index is 0.342. The summed E-state index contributed by atoms with van der Waals surface area (Å²) >= 11 is 1.78. The highest BCUT2D eigenvalue weighted by atomic mass is 32.2. The maximum absolute atomic E-state index is 5.46. The molecule has 98 valence electrons. The molecule has 0 saturated heterocycles.